The molecule has 30 heavy (non-hydrogen) atoms. The van der Waals surface area contributed by atoms with Gasteiger partial charge in [-0.3, -0.25) is 9.59 Å². The highest BCUT2D eigenvalue weighted by Gasteiger charge is 2.27. The van der Waals surface area contributed by atoms with Gasteiger partial charge in [0.15, 0.2) is 6.61 Å². The van der Waals surface area contributed by atoms with Gasteiger partial charge in [0.25, 0.3) is 5.91 Å². The van der Waals surface area contributed by atoms with E-state index in [1.807, 2.05) is 26.0 Å². The smallest absolute Gasteiger partial charge is 0.261 e. The third-order valence-electron chi connectivity index (χ3n) is 4.86. The van der Waals surface area contributed by atoms with Crippen LogP contribution in [0.25, 0.3) is 0 Å². The van der Waals surface area contributed by atoms with Crippen LogP contribution in [0.15, 0.2) is 48.5 Å². The number of methoxy groups -OCH3 is 1. The first-order valence-electron chi connectivity index (χ1n) is 9.95. The summed E-state index contributed by atoms with van der Waals surface area (Å²) in [5.74, 6) is 0.768. The van der Waals surface area contributed by atoms with Gasteiger partial charge in [-0.15, -0.1) is 0 Å². The second-order valence-corrected chi connectivity index (χ2v) is 7.54. The Kier molecular flexibility index (Phi) is 8.99. The number of halogens is 1. The van der Waals surface area contributed by atoms with E-state index < -0.39 is 6.04 Å². The minimum absolute atomic E-state index is 0.0305. The second-order valence-electron chi connectivity index (χ2n) is 7.11. The lowest BCUT2D eigenvalue weighted by Crippen LogP contribution is -2.50. The van der Waals surface area contributed by atoms with Crippen molar-refractivity contribution in [3.8, 4) is 11.5 Å². The number of rotatable bonds is 10. The summed E-state index contributed by atoms with van der Waals surface area (Å²) >= 11 is 5.96. The van der Waals surface area contributed by atoms with Gasteiger partial charge in [-0.1, -0.05) is 30.7 Å². The van der Waals surface area contributed by atoms with Crippen molar-refractivity contribution in [1.82, 2.24) is 10.2 Å². The first-order chi connectivity index (χ1) is 14.3. The number of nitrogens with one attached hydrogen (secondary N) is 1. The lowest BCUT2D eigenvalue weighted by molar-refractivity contribution is -0.142. The Bertz CT molecular complexity index is 824. The SMILES string of the molecule is CC[C@H](C)NC(=O)[C@H](C)N(Cc1ccc(Cl)cc1)C(=O)COc1ccc(OC)cc1. The quantitative estimate of drug-likeness (QED) is 0.614. The van der Waals surface area contributed by atoms with Crippen molar-refractivity contribution in [2.24, 2.45) is 0 Å². The number of hydrogen-bond donors (Lipinski definition) is 1. The van der Waals surface area contributed by atoms with Crippen LogP contribution in [-0.2, 0) is 16.1 Å². The van der Waals surface area contributed by atoms with Crippen molar-refractivity contribution in [3.63, 3.8) is 0 Å². The molecule has 2 rings (SSSR count). The minimum Gasteiger partial charge on any atom is -0.497 e. The molecule has 7 heteroatoms. The molecular weight excluding hydrogens is 404 g/mol. The van der Waals surface area contributed by atoms with Crippen molar-refractivity contribution >= 4 is 23.4 Å². The molecule has 0 fully saturated rings. The highest BCUT2D eigenvalue weighted by Crippen LogP contribution is 2.18. The largest absolute Gasteiger partial charge is 0.497 e. The molecule has 0 saturated carbocycles. The van der Waals surface area contributed by atoms with Crippen LogP contribution >= 0.6 is 11.6 Å². The molecule has 2 amide bonds. The predicted octanol–water partition coefficient (Wildman–Crippen LogP) is 4.06. The molecule has 0 unspecified atom stereocenters. The molecule has 0 aromatic heterocycles. The van der Waals surface area contributed by atoms with E-state index in [9.17, 15) is 9.59 Å². The van der Waals surface area contributed by atoms with Gasteiger partial charge in [-0.05, 0) is 62.2 Å². The normalized spacial score (nSPS) is 12.6. The van der Waals surface area contributed by atoms with Crippen LogP contribution < -0.4 is 14.8 Å². The third-order valence-corrected chi connectivity index (χ3v) is 5.11. The van der Waals surface area contributed by atoms with E-state index in [0.29, 0.717) is 16.5 Å². The van der Waals surface area contributed by atoms with E-state index in [1.165, 1.54) is 4.90 Å². The summed E-state index contributed by atoms with van der Waals surface area (Å²) in [4.78, 5) is 27.2. The Hall–Kier alpha value is -2.73. The van der Waals surface area contributed by atoms with E-state index in [4.69, 9.17) is 21.1 Å². The number of benzene rings is 2. The predicted molar refractivity (Wildman–Crippen MR) is 118 cm³/mol. The molecule has 6 nitrogen and oxygen atoms in total. The topological polar surface area (TPSA) is 67.9 Å². The fraction of sp³-hybridized carbons (Fsp3) is 0.391. The van der Waals surface area contributed by atoms with Gasteiger partial charge in [0.1, 0.15) is 17.5 Å². The molecular formula is C23H29ClN2O4. The fourth-order valence-corrected chi connectivity index (χ4v) is 2.86. The van der Waals surface area contributed by atoms with Crippen molar-refractivity contribution in [1.29, 1.82) is 0 Å². The molecule has 0 aliphatic heterocycles. The van der Waals surface area contributed by atoms with Crippen molar-refractivity contribution < 1.29 is 19.1 Å². The summed E-state index contributed by atoms with van der Waals surface area (Å²) in [5, 5.41) is 3.55. The number of carbonyl (C=O) groups excluding carboxylic acids is 2. The van der Waals surface area contributed by atoms with Gasteiger partial charge in [0.05, 0.1) is 7.11 Å². The van der Waals surface area contributed by atoms with Gasteiger partial charge in [0, 0.05) is 17.6 Å². The molecule has 162 valence electrons. The van der Waals surface area contributed by atoms with Gasteiger partial charge >= 0.3 is 0 Å². The average Bonchev–Trinajstić information content (AvgIpc) is 2.76. The molecule has 0 radical (unpaired) electrons. The number of hydrogen-bond acceptors (Lipinski definition) is 4. The van der Waals surface area contributed by atoms with Gasteiger partial charge < -0.3 is 19.7 Å². The van der Waals surface area contributed by atoms with Gasteiger partial charge in [-0.2, -0.15) is 0 Å². The number of nitrogens with zero attached hydrogens (tertiary/aromatic N) is 1. The van der Waals surface area contributed by atoms with E-state index >= 15 is 0 Å². The second kappa shape index (κ2) is 11.5. The van der Waals surface area contributed by atoms with Gasteiger partial charge in [-0.25, -0.2) is 0 Å². The number of ether oxygens (including phenoxy) is 2. The molecule has 2 aromatic carbocycles. The van der Waals surface area contributed by atoms with E-state index in [1.54, 1.807) is 50.4 Å². The molecule has 2 aromatic rings. The summed E-state index contributed by atoms with van der Waals surface area (Å²) in [5.41, 5.74) is 0.875. The van der Waals surface area contributed by atoms with Crippen LogP contribution in [-0.4, -0.2) is 42.5 Å². The highest BCUT2D eigenvalue weighted by atomic mass is 35.5. The maximum Gasteiger partial charge on any atom is 0.261 e. The Labute approximate surface area is 183 Å². The van der Waals surface area contributed by atoms with Gasteiger partial charge in [0.2, 0.25) is 5.91 Å². The first kappa shape index (κ1) is 23.5. The minimum atomic E-state index is -0.651. The average molecular weight is 433 g/mol. The summed E-state index contributed by atoms with van der Waals surface area (Å²) in [6, 6.07) is 13.6. The summed E-state index contributed by atoms with van der Waals surface area (Å²) in [6.07, 6.45) is 0.810. The zero-order chi connectivity index (χ0) is 22.1. The molecule has 0 saturated heterocycles. The monoisotopic (exact) mass is 432 g/mol. The highest BCUT2D eigenvalue weighted by molar-refractivity contribution is 6.30. The number of carbonyl (C=O) groups is 2. The fourth-order valence-electron chi connectivity index (χ4n) is 2.73. The molecule has 0 spiro atoms. The van der Waals surface area contributed by atoms with Crippen LogP contribution in [0.4, 0.5) is 0 Å². The zero-order valence-electron chi connectivity index (χ0n) is 17.9. The molecule has 0 bridgehead atoms. The molecule has 1 N–H and O–H groups in total. The summed E-state index contributed by atoms with van der Waals surface area (Å²) < 4.78 is 10.8. The Morgan fingerprint density at radius 3 is 2.20 bits per heavy atom. The molecule has 2 atom stereocenters. The molecule has 0 aliphatic carbocycles. The van der Waals surface area contributed by atoms with Crippen molar-refractivity contribution in [3.05, 3.63) is 59.1 Å². The zero-order valence-corrected chi connectivity index (χ0v) is 18.6. The van der Waals surface area contributed by atoms with Crippen LogP contribution in [0, 0.1) is 0 Å². The van der Waals surface area contributed by atoms with E-state index in [2.05, 4.69) is 5.32 Å². The van der Waals surface area contributed by atoms with E-state index in [0.717, 1.165) is 12.0 Å². The standard InChI is InChI=1S/C23H29ClN2O4/c1-5-16(2)25-23(28)17(3)26(14-18-6-8-19(24)9-7-18)22(27)15-30-21-12-10-20(29-4)11-13-21/h6-13,16-17H,5,14-15H2,1-4H3,(H,25,28)/t16-,17-/m0/s1. The lowest BCUT2D eigenvalue weighted by Gasteiger charge is -2.29. The summed E-state index contributed by atoms with van der Waals surface area (Å²) in [6.45, 7) is 5.74. The maximum atomic E-state index is 13.0. The van der Waals surface area contributed by atoms with Crippen LogP contribution in [0.2, 0.25) is 5.02 Å². The number of amides is 2. The summed E-state index contributed by atoms with van der Waals surface area (Å²) in [7, 11) is 1.58. The third kappa shape index (κ3) is 6.95. The Morgan fingerprint density at radius 2 is 1.63 bits per heavy atom. The van der Waals surface area contributed by atoms with Crippen LogP contribution in [0.1, 0.15) is 32.8 Å². The maximum absolute atomic E-state index is 13.0. The lowest BCUT2D eigenvalue weighted by atomic mass is 10.1. The first-order valence-corrected chi connectivity index (χ1v) is 10.3. The Balaban J connectivity index is 2.12. The molecule has 0 aliphatic rings. The van der Waals surface area contributed by atoms with Crippen LogP contribution in [0.5, 0.6) is 11.5 Å². The van der Waals surface area contributed by atoms with Crippen molar-refractivity contribution in [2.75, 3.05) is 13.7 Å². The van der Waals surface area contributed by atoms with Crippen LogP contribution in [0.3, 0.4) is 0 Å². The van der Waals surface area contributed by atoms with E-state index in [-0.39, 0.29) is 31.0 Å². The van der Waals surface area contributed by atoms with Crippen molar-refractivity contribution in [2.45, 2.75) is 45.8 Å². The molecule has 0 heterocycles. The Morgan fingerprint density at radius 1 is 1.03 bits per heavy atom.